The first kappa shape index (κ1) is 19.0. The van der Waals surface area contributed by atoms with Crippen LogP contribution in [-0.2, 0) is 0 Å². The van der Waals surface area contributed by atoms with Crippen molar-refractivity contribution in [2.45, 2.75) is 77.2 Å². The molecule has 0 fully saturated rings. The van der Waals surface area contributed by atoms with Crippen molar-refractivity contribution in [1.82, 2.24) is 0 Å². The Labute approximate surface area is 128 Å². The maximum Gasteiger partial charge on any atom is 0.144 e. The highest BCUT2D eigenvalue weighted by Gasteiger charge is 2.27. The zero-order chi connectivity index (χ0) is 15.1. The molecule has 0 aliphatic carbocycles. The molecule has 19 heavy (non-hydrogen) atoms. The molecule has 4 heteroatoms. The summed E-state index contributed by atoms with van der Waals surface area (Å²) >= 11 is 12.9. The maximum atomic E-state index is 6.46. The number of hydrogen-bond acceptors (Lipinski definition) is 2. The van der Waals surface area contributed by atoms with Crippen LogP contribution in [0.3, 0.4) is 0 Å². The van der Waals surface area contributed by atoms with Gasteiger partial charge in [0, 0.05) is 0 Å². The smallest absolute Gasteiger partial charge is 0.144 e. The van der Waals surface area contributed by atoms with Gasteiger partial charge in [0.05, 0.1) is 6.01 Å². The Morgan fingerprint density at radius 1 is 0.842 bits per heavy atom. The molecule has 0 aromatic heterocycles. The van der Waals surface area contributed by atoms with Gasteiger partial charge in [0.2, 0.25) is 0 Å². The number of nitrogens with zero attached hydrogens (tertiary/aromatic N) is 2. The van der Waals surface area contributed by atoms with E-state index < -0.39 is 10.00 Å². The normalized spacial score (nSPS) is 17.8. The molecule has 0 N–H and O–H groups in total. The van der Waals surface area contributed by atoms with Crippen LogP contribution in [0.2, 0.25) is 0 Å². The Kier molecular flexibility index (Phi) is 8.27. The van der Waals surface area contributed by atoms with Gasteiger partial charge < -0.3 is 0 Å². The second-order valence-corrected chi connectivity index (χ2v) is 7.47. The third kappa shape index (κ3) is 7.97. The van der Waals surface area contributed by atoms with Crippen molar-refractivity contribution >= 4 is 29.2 Å². The zero-order valence-electron chi connectivity index (χ0n) is 13.1. The number of aliphatic imine (C=N–C) groups is 2. The van der Waals surface area contributed by atoms with Crippen LogP contribution >= 0.6 is 23.2 Å². The number of rotatable bonds is 8. The average molecular weight is 307 g/mol. The van der Waals surface area contributed by atoms with Crippen molar-refractivity contribution in [2.75, 3.05) is 0 Å². The van der Waals surface area contributed by atoms with Crippen molar-refractivity contribution in [1.29, 1.82) is 0 Å². The van der Waals surface area contributed by atoms with Crippen LogP contribution in [0.5, 0.6) is 0 Å². The van der Waals surface area contributed by atoms with E-state index >= 15 is 0 Å². The molecule has 0 radical (unpaired) electrons. The summed E-state index contributed by atoms with van der Waals surface area (Å²) < 4.78 is 0. The van der Waals surface area contributed by atoms with E-state index in [4.69, 9.17) is 23.2 Å². The summed E-state index contributed by atoms with van der Waals surface area (Å²) in [4.78, 5) is 7.45. The van der Waals surface area contributed by atoms with Crippen LogP contribution in [0.25, 0.3) is 0 Å². The predicted molar refractivity (Wildman–Crippen MR) is 86.5 cm³/mol. The van der Waals surface area contributed by atoms with E-state index in [-0.39, 0.29) is 0 Å². The van der Waals surface area contributed by atoms with E-state index in [1.807, 2.05) is 13.8 Å². The second-order valence-electron chi connectivity index (χ2n) is 6.06. The highest BCUT2D eigenvalue weighted by atomic mass is 35.5. The Morgan fingerprint density at radius 2 is 1.16 bits per heavy atom. The molecule has 0 bridgehead atoms. The van der Waals surface area contributed by atoms with Gasteiger partial charge in [0.1, 0.15) is 10.00 Å². The monoisotopic (exact) mass is 306 g/mol. The minimum absolute atomic E-state index is 0.491. The summed E-state index contributed by atoms with van der Waals surface area (Å²) in [6, 6.07) is 2.77. The first-order chi connectivity index (χ1) is 8.66. The van der Waals surface area contributed by atoms with E-state index in [1.54, 1.807) is 0 Å². The molecule has 0 amide bonds. The van der Waals surface area contributed by atoms with E-state index in [0.717, 1.165) is 25.7 Å². The number of alkyl halides is 2. The Bertz CT molecular complexity index is 294. The van der Waals surface area contributed by atoms with Crippen LogP contribution in [0, 0.1) is 11.8 Å². The Morgan fingerprint density at radius 3 is 1.37 bits per heavy atom. The lowest BCUT2D eigenvalue weighted by atomic mass is 10.0. The minimum atomic E-state index is -0.596. The van der Waals surface area contributed by atoms with Gasteiger partial charge in [-0.2, -0.15) is 0 Å². The third-order valence-corrected chi connectivity index (χ3v) is 4.04. The van der Waals surface area contributed by atoms with Gasteiger partial charge in [-0.05, 0) is 37.5 Å². The standard InChI is InChI=1S/C15H28Cl2N2/c1-7-14(16,9-12(3)4)18-11-19-15(17,8-2)10-13(5)6/h12-13H,7-10H2,1-6H3. The third-order valence-electron chi connectivity index (χ3n) is 3.03. The van der Waals surface area contributed by atoms with Gasteiger partial charge in [-0.1, -0.05) is 64.7 Å². The topological polar surface area (TPSA) is 24.7 Å². The van der Waals surface area contributed by atoms with Crippen LogP contribution < -0.4 is 0 Å². The molecular weight excluding hydrogens is 279 g/mol. The molecule has 0 aliphatic heterocycles. The van der Waals surface area contributed by atoms with Crippen LogP contribution in [0.4, 0.5) is 0 Å². The van der Waals surface area contributed by atoms with Crippen molar-refractivity contribution in [3.8, 4) is 0 Å². The van der Waals surface area contributed by atoms with E-state index in [0.29, 0.717) is 11.8 Å². The van der Waals surface area contributed by atoms with Crippen LogP contribution in [0.15, 0.2) is 9.98 Å². The summed E-state index contributed by atoms with van der Waals surface area (Å²) in [5.74, 6) is 0.983. The second kappa shape index (κ2) is 8.29. The molecule has 0 spiro atoms. The maximum absolute atomic E-state index is 6.46. The molecule has 2 nitrogen and oxygen atoms in total. The molecule has 0 aromatic carbocycles. The quantitative estimate of drug-likeness (QED) is 0.301. The Balaban J connectivity index is 4.94. The summed E-state index contributed by atoms with van der Waals surface area (Å²) in [7, 11) is 0. The molecule has 2 atom stereocenters. The van der Waals surface area contributed by atoms with E-state index in [1.165, 1.54) is 0 Å². The molecule has 0 heterocycles. The molecule has 2 unspecified atom stereocenters. The highest BCUT2D eigenvalue weighted by molar-refractivity contribution is 6.24. The lowest BCUT2D eigenvalue weighted by Crippen LogP contribution is -2.21. The van der Waals surface area contributed by atoms with Crippen LogP contribution in [-0.4, -0.2) is 16.0 Å². The number of hydrogen-bond donors (Lipinski definition) is 0. The molecule has 0 rings (SSSR count). The summed E-state index contributed by atoms with van der Waals surface area (Å²) in [5.41, 5.74) is 0. The van der Waals surface area contributed by atoms with Gasteiger partial charge >= 0.3 is 0 Å². The lowest BCUT2D eigenvalue weighted by Gasteiger charge is -2.22. The van der Waals surface area contributed by atoms with Crippen molar-refractivity contribution in [2.24, 2.45) is 21.8 Å². The highest BCUT2D eigenvalue weighted by Crippen LogP contribution is 2.31. The first-order valence-corrected chi connectivity index (χ1v) is 7.98. The molecule has 0 saturated carbocycles. The first-order valence-electron chi connectivity index (χ1n) is 7.23. The largest absolute Gasteiger partial charge is 0.203 e. The fourth-order valence-corrected chi connectivity index (χ4v) is 2.69. The van der Waals surface area contributed by atoms with Crippen molar-refractivity contribution in [3.05, 3.63) is 0 Å². The SMILES string of the molecule is CCC(Cl)(CC(C)C)N=C=NC(Cl)(CC)CC(C)C. The summed E-state index contributed by atoms with van der Waals surface area (Å²) in [6.45, 7) is 12.6. The molecule has 0 saturated heterocycles. The Hall–Kier alpha value is -0.0400. The minimum Gasteiger partial charge on any atom is -0.203 e. The average Bonchev–Trinajstić information content (AvgIpc) is 2.27. The van der Waals surface area contributed by atoms with Gasteiger partial charge in [0.25, 0.3) is 0 Å². The lowest BCUT2D eigenvalue weighted by molar-refractivity contribution is 0.438. The van der Waals surface area contributed by atoms with Crippen molar-refractivity contribution < 1.29 is 0 Å². The van der Waals surface area contributed by atoms with Crippen LogP contribution in [0.1, 0.15) is 67.2 Å². The van der Waals surface area contributed by atoms with Gasteiger partial charge in [-0.15, -0.1) is 0 Å². The molecule has 112 valence electrons. The molecular formula is C15H28Cl2N2. The van der Waals surface area contributed by atoms with Crippen molar-refractivity contribution in [3.63, 3.8) is 0 Å². The van der Waals surface area contributed by atoms with Gasteiger partial charge in [-0.25, -0.2) is 9.98 Å². The summed E-state index contributed by atoms with van der Waals surface area (Å²) in [5, 5.41) is 0. The van der Waals surface area contributed by atoms with E-state index in [9.17, 15) is 0 Å². The zero-order valence-corrected chi connectivity index (χ0v) is 14.6. The van der Waals surface area contributed by atoms with E-state index in [2.05, 4.69) is 43.7 Å². The molecule has 0 aliphatic rings. The predicted octanol–water partition coefficient (Wildman–Crippen LogP) is 5.94. The summed E-state index contributed by atoms with van der Waals surface area (Å²) in [6.07, 6.45) is 3.17. The fraction of sp³-hybridized carbons (Fsp3) is 0.933. The number of halogens is 2. The fourth-order valence-electron chi connectivity index (χ4n) is 1.99. The van der Waals surface area contributed by atoms with Gasteiger partial charge in [0.15, 0.2) is 0 Å². The van der Waals surface area contributed by atoms with Gasteiger partial charge in [-0.3, -0.25) is 0 Å². The molecule has 0 aromatic rings.